The zero-order chi connectivity index (χ0) is 13.0. The number of likely N-dealkylation sites (tertiary alicyclic amines) is 1. The van der Waals surface area contributed by atoms with Crippen LogP contribution in [0.2, 0.25) is 4.34 Å². The van der Waals surface area contributed by atoms with E-state index in [0.717, 1.165) is 30.5 Å². The molecule has 1 fully saturated rings. The Labute approximate surface area is 118 Å². The first-order chi connectivity index (χ1) is 8.69. The summed E-state index contributed by atoms with van der Waals surface area (Å²) in [4.78, 5) is 6.05. The first kappa shape index (κ1) is 14.3. The highest BCUT2D eigenvalue weighted by atomic mass is 35.5. The van der Waals surface area contributed by atoms with Crippen molar-refractivity contribution in [2.75, 3.05) is 33.3 Å². The Hall–Kier alpha value is -0.130. The van der Waals surface area contributed by atoms with Crippen LogP contribution in [0.4, 0.5) is 0 Å². The minimum Gasteiger partial charge on any atom is -0.395 e. The maximum atomic E-state index is 9.23. The van der Waals surface area contributed by atoms with Gasteiger partial charge in [-0.15, -0.1) is 11.3 Å². The number of halogens is 1. The molecule has 5 heteroatoms. The summed E-state index contributed by atoms with van der Waals surface area (Å²) in [5.74, 6) is 0. The lowest BCUT2D eigenvalue weighted by atomic mass is 10.0. The average molecular weight is 289 g/mol. The quantitative estimate of drug-likeness (QED) is 0.901. The zero-order valence-corrected chi connectivity index (χ0v) is 12.4. The first-order valence-electron chi connectivity index (χ1n) is 6.46. The zero-order valence-electron chi connectivity index (χ0n) is 10.8. The normalized spacial score (nSPS) is 18.7. The smallest absolute Gasteiger partial charge is 0.0931 e. The van der Waals surface area contributed by atoms with Gasteiger partial charge in [0.05, 0.1) is 10.9 Å². The average Bonchev–Trinajstić information content (AvgIpc) is 2.75. The van der Waals surface area contributed by atoms with Crippen LogP contribution in [0.15, 0.2) is 12.1 Å². The Balaban J connectivity index is 1.94. The summed E-state index contributed by atoms with van der Waals surface area (Å²) in [6.07, 6.45) is 2.38. The molecule has 1 aromatic heterocycles. The molecule has 3 nitrogen and oxygen atoms in total. The summed E-state index contributed by atoms with van der Waals surface area (Å²) in [6.45, 7) is 4.19. The number of rotatable bonds is 5. The van der Waals surface area contributed by atoms with Gasteiger partial charge in [0.25, 0.3) is 0 Å². The first-order valence-corrected chi connectivity index (χ1v) is 7.66. The third-order valence-electron chi connectivity index (χ3n) is 3.58. The molecule has 102 valence electrons. The lowest BCUT2D eigenvalue weighted by Crippen LogP contribution is -2.44. The number of piperidine rings is 1. The van der Waals surface area contributed by atoms with E-state index in [4.69, 9.17) is 11.6 Å². The highest BCUT2D eigenvalue weighted by Gasteiger charge is 2.23. The topological polar surface area (TPSA) is 26.7 Å². The highest BCUT2D eigenvalue weighted by Crippen LogP contribution is 2.25. The molecule has 0 aromatic carbocycles. The van der Waals surface area contributed by atoms with E-state index in [1.54, 1.807) is 11.3 Å². The van der Waals surface area contributed by atoms with E-state index < -0.39 is 0 Å². The van der Waals surface area contributed by atoms with Crippen molar-refractivity contribution < 1.29 is 5.11 Å². The van der Waals surface area contributed by atoms with E-state index in [1.807, 2.05) is 6.07 Å². The molecule has 0 unspecified atom stereocenters. The Morgan fingerprint density at radius 1 is 1.44 bits per heavy atom. The minimum absolute atomic E-state index is 0.228. The van der Waals surface area contributed by atoms with E-state index in [2.05, 4.69) is 22.9 Å². The third kappa shape index (κ3) is 3.93. The van der Waals surface area contributed by atoms with Gasteiger partial charge in [0, 0.05) is 24.0 Å². The van der Waals surface area contributed by atoms with Crippen LogP contribution in [0.3, 0.4) is 0 Å². The van der Waals surface area contributed by atoms with Crippen LogP contribution in [-0.4, -0.2) is 54.2 Å². The van der Waals surface area contributed by atoms with Crippen molar-refractivity contribution in [3.63, 3.8) is 0 Å². The van der Waals surface area contributed by atoms with E-state index in [9.17, 15) is 5.11 Å². The van der Waals surface area contributed by atoms with Crippen LogP contribution in [-0.2, 0) is 6.54 Å². The number of hydrogen-bond acceptors (Lipinski definition) is 4. The van der Waals surface area contributed by atoms with Crippen LogP contribution < -0.4 is 0 Å². The van der Waals surface area contributed by atoms with E-state index in [1.165, 1.54) is 17.7 Å². The van der Waals surface area contributed by atoms with Gasteiger partial charge in [-0.25, -0.2) is 0 Å². The van der Waals surface area contributed by atoms with Crippen molar-refractivity contribution in [1.29, 1.82) is 0 Å². The molecule has 1 saturated heterocycles. The van der Waals surface area contributed by atoms with Crippen molar-refractivity contribution in [1.82, 2.24) is 9.80 Å². The second-order valence-electron chi connectivity index (χ2n) is 4.93. The second kappa shape index (κ2) is 6.87. The summed E-state index contributed by atoms with van der Waals surface area (Å²) in [5.41, 5.74) is 0. The Morgan fingerprint density at radius 2 is 2.17 bits per heavy atom. The van der Waals surface area contributed by atoms with Crippen molar-refractivity contribution >= 4 is 22.9 Å². The standard InChI is InChI=1S/C13H21ClN2OS/c1-15-6-4-11(5-7-15)16(8-9-17)10-12-2-3-13(14)18-12/h2-3,11,17H,4-10H2,1H3. The maximum Gasteiger partial charge on any atom is 0.0931 e. The molecule has 0 bridgehead atoms. The number of nitrogens with zero attached hydrogens (tertiary/aromatic N) is 2. The molecule has 2 heterocycles. The van der Waals surface area contributed by atoms with E-state index >= 15 is 0 Å². The summed E-state index contributed by atoms with van der Waals surface area (Å²) in [5, 5.41) is 9.23. The predicted molar refractivity (Wildman–Crippen MR) is 77.3 cm³/mol. The molecular weight excluding hydrogens is 268 g/mol. The van der Waals surface area contributed by atoms with Gasteiger partial charge in [0.1, 0.15) is 0 Å². The molecule has 0 aliphatic carbocycles. The summed E-state index contributed by atoms with van der Waals surface area (Å²) in [7, 11) is 2.17. The van der Waals surface area contributed by atoms with Crippen LogP contribution in [0.25, 0.3) is 0 Å². The summed E-state index contributed by atoms with van der Waals surface area (Å²) < 4.78 is 0.845. The van der Waals surface area contributed by atoms with Crippen LogP contribution in [0, 0.1) is 0 Å². The van der Waals surface area contributed by atoms with Crippen LogP contribution in [0.1, 0.15) is 17.7 Å². The lowest BCUT2D eigenvalue weighted by molar-refractivity contribution is 0.0950. The SMILES string of the molecule is CN1CCC(N(CCO)Cc2ccc(Cl)s2)CC1. The number of aliphatic hydroxyl groups is 1. The Kier molecular flexibility index (Phi) is 5.45. The van der Waals surface area contributed by atoms with Crippen LogP contribution >= 0.6 is 22.9 Å². The van der Waals surface area contributed by atoms with Gasteiger partial charge in [-0.05, 0) is 45.1 Å². The lowest BCUT2D eigenvalue weighted by Gasteiger charge is -2.36. The molecule has 1 aliphatic heterocycles. The van der Waals surface area contributed by atoms with Gasteiger partial charge in [0.2, 0.25) is 0 Å². The molecule has 1 N–H and O–H groups in total. The molecule has 0 spiro atoms. The number of hydrogen-bond donors (Lipinski definition) is 1. The van der Waals surface area contributed by atoms with Gasteiger partial charge in [-0.1, -0.05) is 11.6 Å². The second-order valence-corrected chi connectivity index (χ2v) is 6.73. The molecule has 1 aliphatic rings. The number of thiophene rings is 1. The highest BCUT2D eigenvalue weighted by molar-refractivity contribution is 7.16. The number of aliphatic hydroxyl groups excluding tert-OH is 1. The molecule has 0 atom stereocenters. The predicted octanol–water partition coefficient (Wildman–Crippen LogP) is 2.29. The summed E-state index contributed by atoms with van der Waals surface area (Å²) >= 11 is 7.61. The molecule has 18 heavy (non-hydrogen) atoms. The van der Waals surface area contributed by atoms with E-state index in [0.29, 0.717) is 6.04 Å². The Morgan fingerprint density at radius 3 is 2.72 bits per heavy atom. The van der Waals surface area contributed by atoms with Crippen molar-refractivity contribution in [3.05, 3.63) is 21.3 Å². The van der Waals surface area contributed by atoms with Crippen molar-refractivity contribution in [2.45, 2.75) is 25.4 Å². The van der Waals surface area contributed by atoms with Crippen LogP contribution in [0.5, 0.6) is 0 Å². The van der Waals surface area contributed by atoms with Gasteiger partial charge in [-0.3, -0.25) is 4.90 Å². The van der Waals surface area contributed by atoms with Gasteiger partial charge >= 0.3 is 0 Å². The maximum absolute atomic E-state index is 9.23. The monoisotopic (exact) mass is 288 g/mol. The van der Waals surface area contributed by atoms with Gasteiger partial charge in [-0.2, -0.15) is 0 Å². The van der Waals surface area contributed by atoms with Gasteiger partial charge in [0.15, 0.2) is 0 Å². The fourth-order valence-corrected chi connectivity index (χ4v) is 3.63. The van der Waals surface area contributed by atoms with Crippen molar-refractivity contribution in [2.24, 2.45) is 0 Å². The fourth-order valence-electron chi connectivity index (χ4n) is 2.52. The largest absolute Gasteiger partial charge is 0.395 e. The molecule has 0 radical (unpaired) electrons. The minimum atomic E-state index is 0.228. The molecular formula is C13H21ClN2OS. The molecule has 0 amide bonds. The van der Waals surface area contributed by atoms with Gasteiger partial charge < -0.3 is 10.0 Å². The van der Waals surface area contributed by atoms with Crippen molar-refractivity contribution in [3.8, 4) is 0 Å². The molecule has 0 saturated carbocycles. The molecule has 1 aromatic rings. The molecule has 2 rings (SSSR count). The third-order valence-corrected chi connectivity index (χ3v) is 4.80. The van der Waals surface area contributed by atoms with E-state index in [-0.39, 0.29) is 6.61 Å². The fraction of sp³-hybridized carbons (Fsp3) is 0.692. The summed E-state index contributed by atoms with van der Waals surface area (Å²) in [6, 6.07) is 4.63. The Bertz CT molecular complexity index is 364.